The van der Waals surface area contributed by atoms with Gasteiger partial charge in [-0.2, -0.15) is 13.2 Å². The number of benzene rings is 1. The maximum atomic E-state index is 12.6. The van der Waals surface area contributed by atoms with Gasteiger partial charge in [0.25, 0.3) is 0 Å². The minimum atomic E-state index is -4.36. The molecule has 0 amide bonds. The van der Waals surface area contributed by atoms with Crippen molar-refractivity contribution in [2.45, 2.75) is 25.9 Å². The molecule has 1 aromatic rings. The van der Waals surface area contributed by atoms with E-state index in [4.69, 9.17) is 4.74 Å². The summed E-state index contributed by atoms with van der Waals surface area (Å²) in [5.41, 5.74) is -0.368. The van der Waals surface area contributed by atoms with Crippen LogP contribution in [0.5, 0.6) is 0 Å². The number of nitrogens with one attached hydrogen (secondary N) is 2. The van der Waals surface area contributed by atoms with Crippen LogP contribution < -0.4 is 10.6 Å². The minimum absolute atomic E-state index is 0.287. The summed E-state index contributed by atoms with van der Waals surface area (Å²) < 4.78 is 43.2. The number of guanidine groups is 1. The largest absolute Gasteiger partial charge is 0.416 e. The third kappa shape index (κ3) is 9.01. The van der Waals surface area contributed by atoms with E-state index in [2.05, 4.69) is 27.5 Å². The van der Waals surface area contributed by atoms with Crippen LogP contribution in [0.1, 0.15) is 30.9 Å². The molecule has 0 aromatic heterocycles. The van der Waals surface area contributed by atoms with Gasteiger partial charge in [0.15, 0.2) is 5.96 Å². The van der Waals surface area contributed by atoms with Crippen LogP contribution in [0.4, 0.5) is 13.2 Å². The highest BCUT2D eigenvalue weighted by Crippen LogP contribution is 2.29. The van der Waals surface area contributed by atoms with Crippen LogP contribution in [0.3, 0.4) is 0 Å². The molecule has 0 heterocycles. The van der Waals surface area contributed by atoms with Crippen molar-refractivity contribution in [1.29, 1.82) is 0 Å². The van der Waals surface area contributed by atoms with Crippen molar-refractivity contribution >= 4 is 5.96 Å². The molecule has 0 aliphatic rings. The Labute approximate surface area is 146 Å². The molecule has 0 aliphatic carbocycles. The molecule has 1 aromatic carbocycles. The van der Waals surface area contributed by atoms with Crippen molar-refractivity contribution in [2.75, 3.05) is 33.4 Å². The van der Waals surface area contributed by atoms with Crippen LogP contribution in [-0.2, 0) is 10.9 Å². The van der Waals surface area contributed by atoms with Crippen LogP contribution in [0.25, 0.3) is 0 Å². The van der Waals surface area contributed by atoms with Crippen LogP contribution in [0.15, 0.2) is 29.3 Å². The SMILES string of the molecule is CCOCCCCNC(=NC)NCC#Cc1cccc(C(F)(F)F)c1. The van der Waals surface area contributed by atoms with Gasteiger partial charge in [0, 0.05) is 32.4 Å². The van der Waals surface area contributed by atoms with E-state index in [9.17, 15) is 13.2 Å². The lowest BCUT2D eigenvalue weighted by Gasteiger charge is -2.09. The molecule has 0 saturated heterocycles. The average molecular weight is 355 g/mol. The lowest BCUT2D eigenvalue weighted by Crippen LogP contribution is -2.37. The molecule has 7 heteroatoms. The summed E-state index contributed by atoms with van der Waals surface area (Å²) >= 11 is 0. The molecule has 0 radical (unpaired) electrons. The van der Waals surface area contributed by atoms with Gasteiger partial charge in [-0.05, 0) is 38.0 Å². The van der Waals surface area contributed by atoms with Crippen molar-refractivity contribution in [2.24, 2.45) is 4.99 Å². The van der Waals surface area contributed by atoms with E-state index in [1.807, 2.05) is 6.92 Å². The molecule has 4 nitrogen and oxygen atoms in total. The Morgan fingerprint density at radius 1 is 1.24 bits per heavy atom. The van der Waals surface area contributed by atoms with E-state index in [0.29, 0.717) is 11.5 Å². The monoisotopic (exact) mass is 355 g/mol. The van der Waals surface area contributed by atoms with E-state index in [1.54, 1.807) is 13.1 Å². The topological polar surface area (TPSA) is 45.6 Å². The van der Waals surface area contributed by atoms with E-state index >= 15 is 0 Å². The zero-order valence-corrected chi connectivity index (χ0v) is 14.5. The van der Waals surface area contributed by atoms with Crippen molar-refractivity contribution in [3.8, 4) is 11.8 Å². The van der Waals surface area contributed by atoms with Gasteiger partial charge < -0.3 is 15.4 Å². The number of unbranched alkanes of at least 4 members (excludes halogenated alkanes) is 1. The lowest BCUT2D eigenvalue weighted by molar-refractivity contribution is -0.137. The Bertz CT molecular complexity index is 604. The quantitative estimate of drug-likeness (QED) is 0.342. The van der Waals surface area contributed by atoms with E-state index in [0.717, 1.165) is 44.7 Å². The third-order valence-corrected chi connectivity index (χ3v) is 3.20. The maximum absolute atomic E-state index is 12.6. The number of rotatable bonds is 7. The summed E-state index contributed by atoms with van der Waals surface area (Å²) in [4.78, 5) is 4.06. The van der Waals surface area contributed by atoms with Crippen molar-refractivity contribution < 1.29 is 17.9 Å². The zero-order chi connectivity index (χ0) is 18.5. The van der Waals surface area contributed by atoms with Gasteiger partial charge in [0.1, 0.15) is 0 Å². The van der Waals surface area contributed by atoms with Gasteiger partial charge in [0.2, 0.25) is 0 Å². The van der Waals surface area contributed by atoms with Crippen molar-refractivity contribution in [3.05, 3.63) is 35.4 Å². The van der Waals surface area contributed by atoms with E-state index < -0.39 is 11.7 Å². The van der Waals surface area contributed by atoms with E-state index in [-0.39, 0.29) is 6.54 Å². The fourth-order valence-corrected chi connectivity index (χ4v) is 1.95. The maximum Gasteiger partial charge on any atom is 0.416 e. The van der Waals surface area contributed by atoms with Gasteiger partial charge in [-0.25, -0.2) is 0 Å². The first kappa shape index (κ1) is 20.8. The molecule has 25 heavy (non-hydrogen) atoms. The Hall–Kier alpha value is -2.20. The normalized spacial score (nSPS) is 11.6. The molecule has 0 aliphatic heterocycles. The van der Waals surface area contributed by atoms with Crippen molar-refractivity contribution in [3.63, 3.8) is 0 Å². The molecule has 138 valence electrons. The molecule has 0 atom stereocenters. The van der Waals surface area contributed by atoms with Crippen LogP contribution in [0.2, 0.25) is 0 Å². The van der Waals surface area contributed by atoms with Crippen molar-refractivity contribution in [1.82, 2.24) is 10.6 Å². The number of nitrogens with zero attached hydrogens (tertiary/aromatic N) is 1. The van der Waals surface area contributed by atoms with Gasteiger partial charge in [-0.1, -0.05) is 17.9 Å². The summed E-state index contributed by atoms with van der Waals surface area (Å²) in [6, 6.07) is 4.97. The summed E-state index contributed by atoms with van der Waals surface area (Å²) in [5.74, 6) is 6.12. The van der Waals surface area contributed by atoms with Gasteiger partial charge >= 0.3 is 6.18 Å². The second kappa shape index (κ2) is 11.4. The highest BCUT2D eigenvalue weighted by atomic mass is 19.4. The van der Waals surface area contributed by atoms with Crippen LogP contribution >= 0.6 is 0 Å². The predicted octanol–water partition coefficient (Wildman–Crippen LogP) is 3.04. The Kier molecular flexibility index (Phi) is 9.48. The molecule has 0 unspecified atom stereocenters. The molecule has 0 saturated carbocycles. The highest BCUT2D eigenvalue weighted by molar-refractivity contribution is 5.79. The first-order valence-electron chi connectivity index (χ1n) is 8.15. The van der Waals surface area contributed by atoms with Crippen LogP contribution in [-0.4, -0.2) is 39.3 Å². The predicted molar refractivity (Wildman–Crippen MR) is 93.4 cm³/mol. The average Bonchev–Trinajstić information content (AvgIpc) is 2.59. The van der Waals surface area contributed by atoms with Crippen LogP contribution in [0, 0.1) is 11.8 Å². The summed E-state index contributed by atoms with van der Waals surface area (Å²) in [6.45, 7) is 4.47. The number of aliphatic imine (C=N–C) groups is 1. The summed E-state index contributed by atoms with van der Waals surface area (Å²) in [5, 5.41) is 6.14. The molecule has 0 bridgehead atoms. The second-order valence-electron chi connectivity index (χ2n) is 5.14. The molecular weight excluding hydrogens is 331 g/mol. The minimum Gasteiger partial charge on any atom is -0.382 e. The Morgan fingerprint density at radius 2 is 2.04 bits per heavy atom. The van der Waals surface area contributed by atoms with Gasteiger partial charge in [-0.3, -0.25) is 4.99 Å². The standard InChI is InChI=1S/C18H24F3N3O/c1-3-25-13-5-4-11-23-17(22-2)24-12-7-9-15-8-6-10-16(14-15)18(19,20)21/h6,8,10,14H,3-5,11-13H2,1-2H3,(H2,22,23,24). The number of halogens is 3. The lowest BCUT2D eigenvalue weighted by atomic mass is 10.1. The Balaban J connectivity index is 2.37. The number of alkyl halides is 3. The van der Waals surface area contributed by atoms with E-state index in [1.165, 1.54) is 6.07 Å². The van der Waals surface area contributed by atoms with Gasteiger partial charge in [0.05, 0.1) is 12.1 Å². The van der Waals surface area contributed by atoms with Gasteiger partial charge in [-0.15, -0.1) is 0 Å². The molecular formula is C18H24F3N3O. The molecule has 0 spiro atoms. The number of hydrogen-bond acceptors (Lipinski definition) is 2. The Morgan fingerprint density at radius 3 is 2.72 bits per heavy atom. The number of ether oxygens (including phenoxy) is 1. The molecule has 0 fully saturated rings. The third-order valence-electron chi connectivity index (χ3n) is 3.20. The fourth-order valence-electron chi connectivity index (χ4n) is 1.95. The number of hydrogen-bond donors (Lipinski definition) is 2. The molecule has 1 rings (SSSR count). The summed E-state index contributed by atoms with van der Waals surface area (Å²) in [6.07, 6.45) is -2.44. The second-order valence-corrected chi connectivity index (χ2v) is 5.14. The zero-order valence-electron chi connectivity index (χ0n) is 14.5. The first-order valence-corrected chi connectivity index (χ1v) is 8.15. The molecule has 2 N–H and O–H groups in total. The smallest absolute Gasteiger partial charge is 0.382 e. The first-order chi connectivity index (χ1) is 12.0. The fraction of sp³-hybridized carbons (Fsp3) is 0.500. The highest BCUT2D eigenvalue weighted by Gasteiger charge is 2.30. The summed E-state index contributed by atoms with van der Waals surface area (Å²) in [7, 11) is 1.65.